The molecule has 2 aromatic rings. The first kappa shape index (κ1) is 14.2. The number of hydrogen-bond donors (Lipinski definition) is 3. The maximum Gasteiger partial charge on any atom is 0.148 e. The summed E-state index contributed by atoms with van der Waals surface area (Å²) < 4.78 is 5.25. The Labute approximate surface area is 127 Å². The van der Waals surface area contributed by atoms with Gasteiger partial charge in [0.2, 0.25) is 0 Å². The van der Waals surface area contributed by atoms with Crippen LogP contribution in [0.3, 0.4) is 0 Å². The van der Waals surface area contributed by atoms with Gasteiger partial charge in [-0.3, -0.25) is 5.41 Å². The molecule has 0 unspecified atom stereocenters. The number of nitrogens with one attached hydrogen (secondary N) is 2. The van der Waals surface area contributed by atoms with E-state index in [9.17, 15) is 10.4 Å². The highest BCUT2D eigenvalue weighted by atomic mass is 16.5. The molecule has 3 rings (SSSR count). The van der Waals surface area contributed by atoms with Crippen molar-refractivity contribution >= 4 is 22.8 Å². The van der Waals surface area contributed by atoms with Crippen LogP contribution in [-0.4, -0.2) is 47.1 Å². The molecule has 6 nitrogen and oxygen atoms in total. The fourth-order valence-electron chi connectivity index (χ4n) is 2.51. The summed E-state index contributed by atoms with van der Waals surface area (Å²) in [5.41, 5.74) is 1.45. The van der Waals surface area contributed by atoms with E-state index in [0.717, 1.165) is 5.52 Å². The topological polar surface area (TPSA) is 96.1 Å². The Bertz CT molecular complexity index is 779. The quantitative estimate of drug-likeness (QED) is 0.449. The average Bonchev–Trinajstić information content (AvgIpc) is 2.89. The Balaban J connectivity index is 1.94. The number of H-pyrrole nitrogens is 1. The lowest BCUT2D eigenvalue weighted by Crippen LogP contribution is -2.40. The number of aromatic nitrogens is 1. The SMILES string of the molecule is N#C/C(=C\c1[nH]c2ccccc2c1O)C(=N)N1CCOCC1. The smallest absolute Gasteiger partial charge is 0.148 e. The highest BCUT2D eigenvalue weighted by molar-refractivity contribution is 6.04. The van der Waals surface area contributed by atoms with Gasteiger partial charge in [0.1, 0.15) is 17.7 Å². The van der Waals surface area contributed by atoms with Crippen LogP contribution < -0.4 is 0 Å². The second-order valence-corrected chi connectivity index (χ2v) is 5.05. The first-order chi connectivity index (χ1) is 10.7. The molecule has 112 valence electrons. The van der Waals surface area contributed by atoms with Gasteiger partial charge in [0, 0.05) is 24.0 Å². The van der Waals surface area contributed by atoms with Gasteiger partial charge in [-0.25, -0.2) is 0 Å². The fraction of sp³-hybridized carbons (Fsp3) is 0.250. The van der Waals surface area contributed by atoms with Gasteiger partial charge in [-0.15, -0.1) is 0 Å². The summed E-state index contributed by atoms with van der Waals surface area (Å²) in [5, 5.41) is 28.5. The Morgan fingerprint density at radius 1 is 1.36 bits per heavy atom. The second kappa shape index (κ2) is 5.92. The van der Waals surface area contributed by atoms with Crippen molar-refractivity contribution in [3.05, 3.63) is 35.5 Å². The molecule has 1 aliphatic heterocycles. The number of amidine groups is 1. The number of rotatable bonds is 2. The maximum atomic E-state index is 10.2. The van der Waals surface area contributed by atoms with Gasteiger partial charge >= 0.3 is 0 Å². The van der Waals surface area contributed by atoms with Crippen LogP contribution in [0.4, 0.5) is 0 Å². The third-order valence-corrected chi connectivity index (χ3v) is 3.70. The lowest BCUT2D eigenvalue weighted by molar-refractivity contribution is 0.0680. The van der Waals surface area contributed by atoms with Crippen LogP contribution in [0.25, 0.3) is 17.0 Å². The van der Waals surface area contributed by atoms with Gasteiger partial charge in [0.15, 0.2) is 0 Å². The molecule has 2 heterocycles. The minimum absolute atomic E-state index is 0.0955. The summed E-state index contributed by atoms with van der Waals surface area (Å²) in [6.45, 7) is 2.30. The third-order valence-electron chi connectivity index (χ3n) is 3.70. The van der Waals surface area contributed by atoms with Crippen LogP contribution in [0.1, 0.15) is 5.69 Å². The number of hydrogen-bond acceptors (Lipinski definition) is 4. The number of aromatic hydroxyl groups is 1. The number of para-hydroxylation sites is 1. The largest absolute Gasteiger partial charge is 0.505 e. The maximum absolute atomic E-state index is 10.2. The molecule has 0 radical (unpaired) electrons. The van der Waals surface area contributed by atoms with E-state index in [4.69, 9.17) is 10.1 Å². The summed E-state index contributed by atoms with van der Waals surface area (Å²) in [5.74, 6) is 0.252. The van der Waals surface area contributed by atoms with Gasteiger partial charge in [-0.2, -0.15) is 5.26 Å². The van der Waals surface area contributed by atoms with Crippen LogP contribution in [0, 0.1) is 16.7 Å². The fourth-order valence-corrected chi connectivity index (χ4v) is 2.51. The molecular weight excluding hydrogens is 280 g/mol. The predicted molar refractivity (Wildman–Crippen MR) is 83.7 cm³/mol. The van der Waals surface area contributed by atoms with Gasteiger partial charge in [-0.05, 0) is 18.2 Å². The van der Waals surface area contributed by atoms with E-state index in [1.807, 2.05) is 24.3 Å². The molecular formula is C16H16N4O2. The van der Waals surface area contributed by atoms with E-state index in [2.05, 4.69) is 4.98 Å². The molecule has 3 N–H and O–H groups in total. The third kappa shape index (κ3) is 2.54. The Kier molecular flexibility index (Phi) is 3.81. The highest BCUT2D eigenvalue weighted by Gasteiger charge is 2.18. The molecule has 1 fully saturated rings. The first-order valence-electron chi connectivity index (χ1n) is 7.04. The summed E-state index contributed by atoms with van der Waals surface area (Å²) in [7, 11) is 0. The molecule has 0 spiro atoms. The number of nitriles is 1. The molecule has 1 aromatic heterocycles. The van der Waals surface area contributed by atoms with E-state index >= 15 is 0 Å². The van der Waals surface area contributed by atoms with Crippen molar-refractivity contribution in [3.63, 3.8) is 0 Å². The van der Waals surface area contributed by atoms with E-state index < -0.39 is 0 Å². The van der Waals surface area contributed by atoms with Crippen LogP contribution in [0.15, 0.2) is 29.8 Å². The highest BCUT2D eigenvalue weighted by Crippen LogP contribution is 2.30. The average molecular weight is 296 g/mol. The zero-order chi connectivity index (χ0) is 15.5. The number of fused-ring (bicyclic) bond motifs is 1. The zero-order valence-corrected chi connectivity index (χ0v) is 12.0. The van der Waals surface area contributed by atoms with Gasteiger partial charge in [0.25, 0.3) is 0 Å². The van der Waals surface area contributed by atoms with E-state index in [1.54, 1.807) is 11.0 Å². The summed E-state index contributed by atoms with van der Waals surface area (Å²) >= 11 is 0. The number of benzene rings is 1. The lowest BCUT2D eigenvalue weighted by atomic mass is 10.1. The molecule has 0 saturated carbocycles. The van der Waals surface area contributed by atoms with Crippen LogP contribution >= 0.6 is 0 Å². The zero-order valence-electron chi connectivity index (χ0n) is 12.0. The number of nitrogens with zero attached hydrogens (tertiary/aromatic N) is 2. The molecule has 0 amide bonds. The number of morpholine rings is 1. The molecule has 1 aromatic carbocycles. The van der Waals surface area contributed by atoms with Crippen molar-refractivity contribution in [1.29, 1.82) is 10.7 Å². The van der Waals surface area contributed by atoms with E-state index in [0.29, 0.717) is 37.4 Å². The Hall–Kier alpha value is -2.78. The van der Waals surface area contributed by atoms with Crippen molar-refractivity contribution < 1.29 is 9.84 Å². The molecule has 1 saturated heterocycles. The van der Waals surface area contributed by atoms with Gasteiger partial charge in [0.05, 0.1) is 24.5 Å². The Morgan fingerprint density at radius 2 is 2.09 bits per heavy atom. The Morgan fingerprint density at radius 3 is 2.77 bits per heavy atom. The predicted octanol–water partition coefficient (Wildman–Crippen LogP) is 2.09. The number of ether oxygens (including phenoxy) is 1. The molecule has 0 aliphatic carbocycles. The van der Waals surface area contributed by atoms with Crippen LogP contribution in [0.5, 0.6) is 5.75 Å². The first-order valence-corrected chi connectivity index (χ1v) is 7.04. The van der Waals surface area contributed by atoms with Crippen molar-refractivity contribution in [2.24, 2.45) is 0 Å². The monoisotopic (exact) mass is 296 g/mol. The lowest BCUT2D eigenvalue weighted by Gasteiger charge is -2.28. The molecule has 1 aliphatic rings. The standard InChI is InChI=1S/C16H16N4O2/c17-10-11(16(18)20-5-7-22-8-6-20)9-14-15(21)12-3-1-2-4-13(12)19-14/h1-4,9,18-19,21H,5-8H2/b11-9+,18-16?. The van der Waals surface area contributed by atoms with Gasteiger partial charge < -0.3 is 19.7 Å². The van der Waals surface area contributed by atoms with Crippen molar-refractivity contribution in [1.82, 2.24) is 9.88 Å². The van der Waals surface area contributed by atoms with Crippen LogP contribution in [-0.2, 0) is 4.74 Å². The second-order valence-electron chi connectivity index (χ2n) is 5.05. The minimum Gasteiger partial charge on any atom is -0.505 e. The summed E-state index contributed by atoms with van der Waals surface area (Å²) in [6.07, 6.45) is 1.52. The van der Waals surface area contributed by atoms with Gasteiger partial charge in [-0.1, -0.05) is 12.1 Å². The van der Waals surface area contributed by atoms with Crippen molar-refractivity contribution in [3.8, 4) is 11.8 Å². The van der Waals surface area contributed by atoms with Crippen molar-refractivity contribution in [2.45, 2.75) is 0 Å². The minimum atomic E-state index is 0.0955. The summed E-state index contributed by atoms with van der Waals surface area (Å²) in [6, 6.07) is 9.40. The van der Waals surface area contributed by atoms with E-state index in [-0.39, 0.29) is 17.2 Å². The summed E-state index contributed by atoms with van der Waals surface area (Å²) in [4.78, 5) is 4.87. The molecule has 0 bridgehead atoms. The molecule has 22 heavy (non-hydrogen) atoms. The van der Waals surface area contributed by atoms with Crippen LogP contribution in [0.2, 0.25) is 0 Å². The molecule has 0 atom stereocenters. The normalized spacial score (nSPS) is 15.8. The number of aromatic amines is 1. The van der Waals surface area contributed by atoms with E-state index in [1.165, 1.54) is 6.08 Å². The molecule has 6 heteroatoms. The van der Waals surface area contributed by atoms with Crippen molar-refractivity contribution in [2.75, 3.05) is 26.3 Å².